The molecule has 0 unspecified atom stereocenters. The predicted molar refractivity (Wildman–Crippen MR) is 93.6 cm³/mol. The van der Waals surface area contributed by atoms with E-state index in [-0.39, 0.29) is 11.8 Å². The van der Waals surface area contributed by atoms with Gasteiger partial charge in [-0.15, -0.1) is 0 Å². The Morgan fingerprint density at radius 2 is 1.58 bits per heavy atom. The quantitative estimate of drug-likeness (QED) is 0.860. The van der Waals surface area contributed by atoms with Crippen molar-refractivity contribution in [1.82, 2.24) is 9.80 Å². The molecule has 7 heteroatoms. The molecule has 0 aliphatic carbocycles. The van der Waals surface area contributed by atoms with Gasteiger partial charge in [-0.3, -0.25) is 9.59 Å². The summed E-state index contributed by atoms with van der Waals surface area (Å²) in [4.78, 5) is 39.3. The van der Waals surface area contributed by atoms with E-state index in [4.69, 9.17) is 9.84 Å². The van der Waals surface area contributed by atoms with Crippen molar-refractivity contribution in [2.45, 2.75) is 38.4 Å². The van der Waals surface area contributed by atoms with Gasteiger partial charge in [0.15, 0.2) is 6.10 Å². The number of piperazine rings is 1. The van der Waals surface area contributed by atoms with Crippen molar-refractivity contribution in [2.75, 3.05) is 26.2 Å². The third-order valence-electron chi connectivity index (χ3n) is 4.99. The lowest BCUT2D eigenvalue weighted by Crippen LogP contribution is -2.53. The molecule has 2 aliphatic heterocycles. The van der Waals surface area contributed by atoms with Gasteiger partial charge in [-0.05, 0) is 25.3 Å². The molecule has 0 bridgehead atoms. The average molecular weight is 360 g/mol. The Balaban J connectivity index is 1.48. The van der Waals surface area contributed by atoms with Gasteiger partial charge in [0.1, 0.15) is 6.10 Å². The van der Waals surface area contributed by atoms with E-state index in [1.54, 1.807) is 9.80 Å². The minimum Gasteiger partial charge on any atom is -0.479 e. The number of benzene rings is 1. The normalized spacial score (nSPS) is 23.1. The van der Waals surface area contributed by atoms with E-state index >= 15 is 0 Å². The van der Waals surface area contributed by atoms with Gasteiger partial charge in [-0.25, -0.2) is 4.79 Å². The molecule has 1 N–H and O–H groups in total. The third-order valence-corrected chi connectivity index (χ3v) is 4.99. The number of aliphatic carboxylic acids is 1. The molecule has 2 aliphatic rings. The monoisotopic (exact) mass is 360 g/mol. The van der Waals surface area contributed by atoms with Crippen molar-refractivity contribution < 1.29 is 24.2 Å². The number of carboxylic acid groups (broad SMARTS) is 1. The molecule has 2 atom stereocenters. The smallest absolute Gasteiger partial charge is 0.332 e. The second-order valence-corrected chi connectivity index (χ2v) is 6.90. The molecule has 2 amide bonds. The summed E-state index contributed by atoms with van der Waals surface area (Å²) in [6.45, 7) is 3.90. The second-order valence-electron chi connectivity index (χ2n) is 6.90. The van der Waals surface area contributed by atoms with E-state index in [9.17, 15) is 14.4 Å². The van der Waals surface area contributed by atoms with Crippen molar-refractivity contribution in [3.63, 3.8) is 0 Å². The number of ether oxygens (including phenoxy) is 1. The molecule has 0 radical (unpaired) electrons. The Morgan fingerprint density at radius 1 is 1.00 bits per heavy atom. The van der Waals surface area contributed by atoms with Gasteiger partial charge in [-0.1, -0.05) is 29.8 Å². The number of carbonyl (C=O) groups excluding carboxylic acids is 2. The van der Waals surface area contributed by atoms with Crippen LogP contribution in [0.3, 0.4) is 0 Å². The van der Waals surface area contributed by atoms with Crippen LogP contribution >= 0.6 is 0 Å². The summed E-state index contributed by atoms with van der Waals surface area (Å²) in [5.41, 5.74) is 2.14. The molecule has 2 heterocycles. The highest BCUT2D eigenvalue weighted by atomic mass is 16.5. The van der Waals surface area contributed by atoms with Gasteiger partial charge in [-0.2, -0.15) is 0 Å². The van der Waals surface area contributed by atoms with Crippen LogP contribution in [0.4, 0.5) is 0 Å². The van der Waals surface area contributed by atoms with Gasteiger partial charge in [0.2, 0.25) is 5.91 Å². The lowest BCUT2D eigenvalue weighted by molar-refractivity contribution is -0.156. The number of hydrogen-bond donors (Lipinski definition) is 1. The molecular weight excluding hydrogens is 336 g/mol. The lowest BCUT2D eigenvalue weighted by Gasteiger charge is -2.35. The lowest BCUT2D eigenvalue weighted by atomic mass is 10.1. The number of aryl methyl sites for hydroxylation is 1. The first-order valence-corrected chi connectivity index (χ1v) is 8.94. The first kappa shape index (κ1) is 18.4. The number of hydrogen-bond acceptors (Lipinski definition) is 4. The van der Waals surface area contributed by atoms with E-state index < -0.39 is 18.2 Å². The van der Waals surface area contributed by atoms with E-state index in [0.29, 0.717) is 45.4 Å². The molecule has 26 heavy (non-hydrogen) atoms. The molecule has 0 spiro atoms. The van der Waals surface area contributed by atoms with E-state index in [0.717, 1.165) is 11.1 Å². The zero-order valence-corrected chi connectivity index (χ0v) is 14.9. The maximum Gasteiger partial charge on any atom is 0.332 e. The number of carbonyl (C=O) groups is 3. The molecule has 2 saturated heterocycles. The highest BCUT2D eigenvalue weighted by molar-refractivity contribution is 5.83. The Kier molecular flexibility index (Phi) is 5.56. The van der Waals surface area contributed by atoms with Crippen molar-refractivity contribution in [3.8, 4) is 0 Å². The van der Waals surface area contributed by atoms with E-state index in [1.165, 1.54) is 0 Å². The molecule has 140 valence electrons. The van der Waals surface area contributed by atoms with E-state index in [1.807, 2.05) is 31.2 Å². The number of nitrogens with zero attached hydrogens (tertiary/aromatic N) is 2. The first-order valence-electron chi connectivity index (χ1n) is 8.94. The minimum absolute atomic E-state index is 0.0593. The van der Waals surface area contributed by atoms with Gasteiger partial charge in [0, 0.05) is 26.2 Å². The summed E-state index contributed by atoms with van der Waals surface area (Å²) >= 11 is 0. The molecule has 0 saturated carbocycles. The SMILES string of the molecule is Cc1ccc(CC(=O)N2CCN(C(=O)[C@@H]3CC[C@H](C(=O)O)O3)CC2)cc1. The zero-order valence-electron chi connectivity index (χ0n) is 14.9. The van der Waals surface area contributed by atoms with Crippen molar-refractivity contribution in [2.24, 2.45) is 0 Å². The van der Waals surface area contributed by atoms with Gasteiger partial charge < -0.3 is 19.6 Å². The Hall–Kier alpha value is -2.41. The van der Waals surface area contributed by atoms with Crippen molar-refractivity contribution in [3.05, 3.63) is 35.4 Å². The molecule has 7 nitrogen and oxygen atoms in total. The summed E-state index contributed by atoms with van der Waals surface area (Å²) in [5, 5.41) is 8.96. The summed E-state index contributed by atoms with van der Waals surface area (Å²) in [5.74, 6) is -1.13. The Morgan fingerprint density at radius 3 is 2.15 bits per heavy atom. The minimum atomic E-state index is -1.02. The van der Waals surface area contributed by atoms with Gasteiger partial charge in [0.25, 0.3) is 5.91 Å². The fraction of sp³-hybridized carbons (Fsp3) is 0.526. The van der Waals surface area contributed by atoms with Crippen LogP contribution in [0, 0.1) is 6.92 Å². The second kappa shape index (κ2) is 7.86. The Bertz CT molecular complexity index is 680. The fourth-order valence-electron chi connectivity index (χ4n) is 3.37. The fourth-order valence-corrected chi connectivity index (χ4v) is 3.37. The summed E-state index contributed by atoms with van der Waals surface area (Å²) in [6.07, 6.45) is -0.407. The van der Waals surface area contributed by atoms with Crippen LogP contribution in [0.1, 0.15) is 24.0 Å². The maximum atomic E-state index is 12.5. The number of amides is 2. The molecule has 2 fully saturated rings. The third kappa shape index (κ3) is 4.22. The topological polar surface area (TPSA) is 87.2 Å². The zero-order chi connectivity index (χ0) is 18.7. The van der Waals surface area contributed by atoms with Gasteiger partial charge >= 0.3 is 5.97 Å². The molecular formula is C19H24N2O5. The van der Waals surface area contributed by atoms with Crippen LogP contribution in [-0.2, 0) is 25.5 Å². The summed E-state index contributed by atoms with van der Waals surface area (Å²) < 4.78 is 5.33. The highest BCUT2D eigenvalue weighted by Gasteiger charge is 2.37. The summed E-state index contributed by atoms with van der Waals surface area (Å²) in [7, 11) is 0. The number of rotatable bonds is 4. The van der Waals surface area contributed by atoms with E-state index in [2.05, 4.69) is 0 Å². The number of carboxylic acids is 1. The van der Waals surface area contributed by atoms with Crippen LogP contribution in [0.2, 0.25) is 0 Å². The maximum absolute atomic E-state index is 12.5. The van der Waals surface area contributed by atoms with Crippen LogP contribution in [0.15, 0.2) is 24.3 Å². The van der Waals surface area contributed by atoms with Crippen LogP contribution < -0.4 is 0 Å². The predicted octanol–water partition coefficient (Wildman–Crippen LogP) is 0.841. The largest absolute Gasteiger partial charge is 0.479 e. The molecule has 1 aromatic carbocycles. The molecule has 1 aromatic rings. The van der Waals surface area contributed by atoms with Crippen molar-refractivity contribution >= 4 is 17.8 Å². The average Bonchev–Trinajstić information content (AvgIpc) is 3.13. The molecule has 0 aromatic heterocycles. The molecule has 3 rings (SSSR count). The Labute approximate surface area is 152 Å². The highest BCUT2D eigenvalue weighted by Crippen LogP contribution is 2.22. The van der Waals surface area contributed by atoms with Crippen LogP contribution in [0.25, 0.3) is 0 Å². The summed E-state index contributed by atoms with van der Waals surface area (Å²) in [6, 6.07) is 7.91. The van der Waals surface area contributed by atoms with Crippen LogP contribution in [-0.4, -0.2) is 71.1 Å². The van der Waals surface area contributed by atoms with Crippen molar-refractivity contribution in [1.29, 1.82) is 0 Å². The van der Waals surface area contributed by atoms with Crippen LogP contribution in [0.5, 0.6) is 0 Å². The van der Waals surface area contributed by atoms with Gasteiger partial charge in [0.05, 0.1) is 6.42 Å². The standard InChI is InChI=1S/C19H24N2O5/c1-13-2-4-14(5-3-13)12-17(22)20-8-10-21(11-9-20)18(23)15-6-7-16(26-15)19(24)25/h2-5,15-16H,6-12H2,1H3,(H,24,25)/t15-,16+/m0/s1. The first-order chi connectivity index (χ1) is 12.4.